The van der Waals surface area contributed by atoms with Crippen molar-refractivity contribution in [2.24, 2.45) is 5.92 Å². The number of amides is 1. The van der Waals surface area contributed by atoms with Crippen LogP contribution in [-0.4, -0.2) is 34.0 Å². The maximum atomic E-state index is 13.0. The second-order valence-electron chi connectivity index (χ2n) is 10.8. The molecule has 0 saturated carbocycles. The molecule has 1 fully saturated rings. The fourth-order valence-electron chi connectivity index (χ4n) is 4.64. The number of ether oxygens (including phenoxy) is 1. The number of carbonyl (C=O) groups is 1. The Hall–Kier alpha value is -3.97. The molecule has 5 rings (SSSR count). The first-order valence-electron chi connectivity index (χ1n) is 13.1. The molecule has 7 heteroatoms. The summed E-state index contributed by atoms with van der Waals surface area (Å²) in [6.07, 6.45) is 1.80. The average molecular weight is 511 g/mol. The van der Waals surface area contributed by atoms with Gasteiger partial charge in [0.15, 0.2) is 0 Å². The molecule has 1 aromatic heterocycles. The summed E-state index contributed by atoms with van der Waals surface area (Å²) in [4.78, 5) is 19.8. The molecular weight excluding hydrogens is 476 g/mol. The van der Waals surface area contributed by atoms with Crippen molar-refractivity contribution in [3.05, 3.63) is 90.3 Å². The van der Waals surface area contributed by atoms with Crippen molar-refractivity contribution in [3.8, 4) is 22.9 Å². The summed E-state index contributed by atoms with van der Waals surface area (Å²) < 4.78 is 11.4. The number of rotatable bonds is 7. The van der Waals surface area contributed by atoms with E-state index < -0.39 is 0 Å². The smallest absolute Gasteiger partial charge is 0.241 e. The number of benzene rings is 3. The Kier molecular flexibility index (Phi) is 7.56. The number of hydrogen-bond donors (Lipinski definition) is 1. The maximum Gasteiger partial charge on any atom is 0.241 e. The van der Waals surface area contributed by atoms with Crippen molar-refractivity contribution < 1.29 is 14.1 Å². The summed E-state index contributed by atoms with van der Waals surface area (Å²) >= 11 is 0. The van der Waals surface area contributed by atoms with Gasteiger partial charge in [-0.25, -0.2) is 0 Å². The number of carbonyl (C=O) groups excluding carboxylic acids is 1. The SMILES string of the molecule is CC(C)(C)c1ccc(-c2noc(CN3CCCC(C(=O)Nc4ccc(Oc5ccccc5)cc4)C3)n2)cc1. The number of piperidine rings is 1. The van der Waals surface area contributed by atoms with Crippen LogP contribution < -0.4 is 10.1 Å². The van der Waals surface area contributed by atoms with Gasteiger partial charge in [-0.15, -0.1) is 0 Å². The van der Waals surface area contributed by atoms with Gasteiger partial charge in [0.2, 0.25) is 17.6 Å². The lowest BCUT2D eigenvalue weighted by Crippen LogP contribution is -2.40. The van der Waals surface area contributed by atoms with Crippen molar-refractivity contribution in [2.75, 3.05) is 18.4 Å². The molecule has 1 aliphatic rings. The summed E-state index contributed by atoms with van der Waals surface area (Å²) in [7, 11) is 0. The number of nitrogens with zero attached hydrogens (tertiary/aromatic N) is 3. The van der Waals surface area contributed by atoms with Crippen LogP contribution in [0.2, 0.25) is 0 Å². The monoisotopic (exact) mass is 510 g/mol. The van der Waals surface area contributed by atoms with Crippen LogP contribution in [0.3, 0.4) is 0 Å². The molecule has 1 saturated heterocycles. The molecule has 4 aromatic rings. The summed E-state index contributed by atoms with van der Waals surface area (Å²) in [6.45, 7) is 8.66. The van der Waals surface area contributed by atoms with Gasteiger partial charge >= 0.3 is 0 Å². The predicted octanol–water partition coefficient (Wildman–Crippen LogP) is 6.68. The van der Waals surface area contributed by atoms with E-state index in [-0.39, 0.29) is 17.2 Å². The Balaban J connectivity index is 1.14. The van der Waals surface area contributed by atoms with E-state index in [0.29, 0.717) is 24.8 Å². The van der Waals surface area contributed by atoms with Gasteiger partial charge in [-0.2, -0.15) is 4.98 Å². The highest BCUT2D eigenvalue weighted by atomic mass is 16.5. The number of aromatic nitrogens is 2. The van der Waals surface area contributed by atoms with Gasteiger partial charge in [0, 0.05) is 17.8 Å². The molecule has 7 nitrogen and oxygen atoms in total. The fraction of sp³-hybridized carbons (Fsp3) is 0.323. The van der Waals surface area contributed by atoms with Gasteiger partial charge < -0.3 is 14.6 Å². The van der Waals surface area contributed by atoms with Crippen molar-refractivity contribution in [2.45, 2.75) is 45.6 Å². The Morgan fingerprint density at radius 3 is 2.42 bits per heavy atom. The molecule has 0 spiro atoms. The first-order chi connectivity index (χ1) is 18.3. The van der Waals surface area contributed by atoms with E-state index in [4.69, 9.17) is 9.26 Å². The number of likely N-dealkylation sites (tertiary alicyclic amines) is 1. The molecule has 1 aliphatic heterocycles. The van der Waals surface area contributed by atoms with E-state index in [1.165, 1.54) is 5.56 Å². The number of nitrogens with one attached hydrogen (secondary N) is 1. The second-order valence-corrected chi connectivity index (χ2v) is 10.8. The molecule has 1 N–H and O–H groups in total. The fourth-order valence-corrected chi connectivity index (χ4v) is 4.64. The molecule has 1 unspecified atom stereocenters. The third kappa shape index (κ3) is 6.47. The van der Waals surface area contributed by atoms with E-state index in [1.807, 2.05) is 66.7 Å². The minimum Gasteiger partial charge on any atom is -0.457 e. The first-order valence-corrected chi connectivity index (χ1v) is 13.1. The normalized spacial score (nSPS) is 16.2. The van der Waals surface area contributed by atoms with Crippen LogP contribution >= 0.6 is 0 Å². The van der Waals surface area contributed by atoms with Crippen LogP contribution in [0.1, 0.15) is 45.1 Å². The predicted molar refractivity (Wildman–Crippen MR) is 148 cm³/mol. The van der Waals surface area contributed by atoms with Crippen LogP contribution in [0.25, 0.3) is 11.4 Å². The molecule has 1 amide bonds. The summed E-state index contributed by atoms with van der Waals surface area (Å²) in [5, 5.41) is 7.24. The van der Waals surface area contributed by atoms with E-state index in [0.717, 1.165) is 42.1 Å². The lowest BCUT2D eigenvalue weighted by atomic mass is 9.87. The van der Waals surface area contributed by atoms with Crippen molar-refractivity contribution in [1.29, 1.82) is 0 Å². The molecule has 2 heterocycles. The summed E-state index contributed by atoms with van der Waals surface area (Å²) in [5.74, 6) is 2.58. The lowest BCUT2D eigenvalue weighted by Gasteiger charge is -2.30. The second kappa shape index (κ2) is 11.2. The van der Waals surface area contributed by atoms with E-state index in [2.05, 4.69) is 53.3 Å². The van der Waals surface area contributed by atoms with Crippen LogP contribution in [-0.2, 0) is 16.8 Å². The van der Waals surface area contributed by atoms with Gasteiger partial charge in [0.05, 0.1) is 12.5 Å². The maximum absolute atomic E-state index is 13.0. The van der Waals surface area contributed by atoms with Gasteiger partial charge in [-0.3, -0.25) is 9.69 Å². The Bertz CT molecular complexity index is 1340. The highest BCUT2D eigenvalue weighted by Gasteiger charge is 2.27. The Labute approximate surface area is 223 Å². The topological polar surface area (TPSA) is 80.5 Å². The molecule has 38 heavy (non-hydrogen) atoms. The first kappa shape index (κ1) is 25.7. The van der Waals surface area contributed by atoms with Crippen LogP contribution in [0.4, 0.5) is 5.69 Å². The third-order valence-corrected chi connectivity index (χ3v) is 6.81. The minimum atomic E-state index is -0.101. The zero-order valence-corrected chi connectivity index (χ0v) is 22.2. The number of hydrogen-bond acceptors (Lipinski definition) is 6. The quantitative estimate of drug-likeness (QED) is 0.299. The lowest BCUT2D eigenvalue weighted by molar-refractivity contribution is -0.121. The van der Waals surface area contributed by atoms with Gasteiger partial charge in [-0.05, 0) is 66.8 Å². The molecule has 1 atom stereocenters. The van der Waals surface area contributed by atoms with Gasteiger partial charge in [0.25, 0.3) is 0 Å². The molecule has 0 radical (unpaired) electrons. The molecule has 3 aromatic carbocycles. The van der Waals surface area contributed by atoms with Crippen LogP contribution in [0.5, 0.6) is 11.5 Å². The van der Waals surface area contributed by atoms with Crippen molar-refractivity contribution >= 4 is 11.6 Å². The highest BCUT2D eigenvalue weighted by Crippen LogP contribution is 2.27. The molecule has 0 aliphatic carbocycles. The number of anilines is 1. The Morgan fingerprint density at radius 1 is 1.00 bits per heavy atom. The van der Waals surface area contributed by atoms with Crippen LogP contribution in [0, 0.1) is 5.92 Å². The Morgan fingerprint density at radius 2 is 1.71 bits per heavy atom. The standard InChI is InChI=1S/C31H34N4O3/c1-31(2,3)24-13-11-22(12-14-24)29-33-28(38-34-29)21-35-19-7-8-23(20-35)30(36)32-25-15-17-27(18-16-25)37-26-9-5-4-6-10-26/h4-6,9-18,23H,7-8,19-21H2,1-3H3,(H,32,36). The average Bonchev–Trinajstić information content (AvgIpc) is 3.38. The van der Waals surface area contributed by atoms with Crippen LogP contribution in [0.15, 0.2) is 83.4 Å². The van der Waals surface area contributed by atoms with E-state index >= 15 is 0 Å². The summed E-state index contributed by atoms with van der Waals surface area (Å²) in [5.41, 5.74) is 3.05. The minimum absolute atomic E-state index is 0.0246. The zero-order valence-electron chi connectivity index (χ0n) is 22.2. The van der Waals surface area contributed by atoms with Crippen molar-refractivity contribution in [1.82, 2.24) is 15.0 Å². The van der Waals surface area contributed by atoms with E-state index in [9.17, 15) is 4.79 Å². The molecule has 0 bridgehead atoms. The largest absolute Gasteiger partial charge is 0.457 e. The highest BCUT2D eigenvalue weighted by molar-refractivity contribution is 5.92. The molecular formula is C31H34N4O3. The molecule has 196 valence electrons. The van der Waals surface area contributed by atoms with E-state index in [1.54, 1.807) is 0 Å². The summed E-state index contributed by atoms with van der Waals surface area (Å²) in [6, 6.07) is 25.4. The van der Waals surface area contributed by atoms with Gasteiger partial charge in [-0.1, -0.05) is 68.4 Å². The zero-order chi connectivity index (χ0) is 26.5. The van der Waals surface area contributed by atoms with Gasteiger partial charge in [0.1, 0.15) is 11.5 Å². The van der Waals surface area contributed by atoms with Crippen molar-refractivity contribution in [3.63, 3.8) is 0 Å². The number of para-hydroxylation sites is 1. The third-order valence-electron chi connectivity index (χ3n) is 6.81.